The number of aryl methyl sites for hydroxylation is 2. The lowest BCUT2D eigenvalue weighted by molar-refractivity contribution is 0.589. The van der Waals surface area contributed by atoms with E-state index in [1.807, 2.05) is 43.3 Å². The SMILES string of the molecule is Cc1ccc(S(=O)(=O)n2ccc3c(CCBr)cccc32)cc1. The Balaban J connectivity index is 2.17. The molecule has 0 fully saturated rings. The van der Waals surface area contributed by atoms with Crippen molar-refractivity contribution >= 4 is 36.9 Å². The zero-order chi connectivity index (χ0) is 15.7. The highest BCUT2D eigenvalue weighted by Gasteiger charge is 2.19. The van der Waals surface area contributed by atoms with Gasteiger partial charge >= 0.3 is 0 Å². The first-order valence-corrected chi connectivity index (χ1v) is 9.57. The van der Waals surface area contributed by atoms with E-state index >= 15 is 0 Å². The largest absolute Gasteiger partial charge is 0.268 e. The summed E-state index contributed by atoms with van der Waals surface area (Å²) in [6.07, 6.45) is 2.50. The number of rotatable bonds is 4. The van der Waals surface area contributed by atoms with Crippen LogP contribution < -0.4 is 0 Å². The number of halogens is 1. The maximum Gasteiger partial charge on any atom is 0.268 e. The summed E-state index contributed by atoms with van der Waals surface area (Å²) in [5.41, 5.74) is 2.90. The molecule has 0 amide bonds. The van der Waals surface area contributed by atoms with Crippen molar-refractivity contribution in [2.24, 2.45) is 0 Å². The second-order valence-electron chi connectivity index (χ2n) is 5.22. The lowest BCUT2D eigenvalue weighted by Crippen LogP contribution is -2.11. The van der Waals surface area contributed by atoms with Gasteiger partial charge in [0, 0.05) is 16.9 Å². The molecule has 0 atom stereocenters. The molecule has 114 valence electrons. The van der Waals surface area contributed by atoms with Crippen LogP contribution in [0.1, 0.15) is 11.1 Å². The van der Waals surface area contributed by atoms with E-state index < -0.39 is 10.0 Å². The van der Waals surface area contributed by atoms with Crippen LogP contribution in [0.4, 0.5) is 0 Å². The Bertz CT molecular complexity index is 911. The smallest absolute Gasteiger partial charge is 0.241 e. The molecular formula is C17H16BrNO2S. The van der Waals surface area contributed by atoms with Crippen LogP contribution in [0.3, 0.4) is 0 Å². The van der Waals surface area contributed by atoms with Crippen LogP contribution in [0.25, 0.3) is 10.9 Å². The Morgan fingerprint density at radius 3 is 2.45 bits per heavy atom. The summed E-state index contributed by atoms with van der Waals surface area (Å²) in [6.45, 7) is 1.94. The van der Waals surface area contributed by atoms with Gasteiger partial charge in [-0.3, -0.25) is 0 Å². The highest BCUT2D eigenvalue weighted by atomic mass is 79.9. The normalized spacial score (nSPS) is 11.9. The van der Waals surface area contributed by atoms with Gasteiger partial charge in [0.2, 0.25) is 0 Å². The average molecular weight is 378 g/mol. The van der Waals surface area contributed by atoms with Gasteiger partial charge < -0.3 is 0 Å². The van der Waals surface area contributed by atoms with E-state index in [9.17, 15) is 8.42 Å². The number of hydrogen-bond acceptors (Lipinski definition) is 2. The van der Waals surface area contributed by atoms with Crippen molar-refractivity contribution in [3.8, 4) is 0 Å². The Hall–Kier alpha value is -1.59. The molecule has 0 saturated carbocycles. The Labute approximate surface area is 138 Å². The lowest BCUT2D eigenvalue weighted by atomic mass is 10.1. The van der Waals surface area contributed by atoms with Gasteiger partial charge in [0.1, 0.15) is 0 Å². The summed E-state index contributed by atoms with van der Waals surface area (Å²) in [5.74, 6) is 0. The molecule has 0 aliphatic rings. The minimum Gasteiger partial charge on any atom is -0.241 e. The maximum absolute atomic E-state index is 12.8. The van der Waals surface area contributed by atoms with Gasteiger partial charge in [-0.25, -0.2) is 12.4 Å². The molecule has 3 aromatic rings. The molecule has 5 heteroatoms. The van der Waals surface area contributed by atoms with Crippen molar-refractivity contribution in [1.29, 1.82) is 0 Å². The maximum atomic E-state index is 12.8. The van der Waals surface area contributed by atoms with Gasteiger partial charge in [-0.15, -0.1) is 0 Å². The van der Waals surface area contributed by atoms with Crippen LogP contribution in [0, 0.1) is 6.92 Å². The first kappa shape index (κ1) is 15.3. The minimum absolute atomic E-state index is 0.307. The van der Waals surface area contributed by atoms with Crippen LogP contribution in [0.15, 0.2) is 59.6 Å². The van der Waals surface area contributed by atoms with E-state index in [0.717, 1.165) is 33.8 Å². The fourth-order valence-corrected chi connectivity index (χ4v) is 4.33. The van der Waals surface area contributed by atoms with E-state index in [4.69, 9.17) is 0 Å². The summed E-state index contributed by atoms with van der Waals surface area (Å²) < 4.78 is 27.1. The minimum atomic E-state index is -3.57. The predicted octanol–water partition coefficient (Wildman–Crippen LogP) is 4.12. The first-order valence-electron chi connectivity index (χ1n) is 7.01. The molecule has 3 nitrogen and oxygen atoms in total. The molecule has 0 aliphatic carbocycles. The highest BCUT2D eigenvalue weighted by Crippen LogP contribution is 2.25. The van der Waals surface area contributed by atoms with Crippen LogP contribution in [0.5, 0.6) is 0 Å². The molecule has 0 N–H and O–H groups in total. The van der Waals surface area contributed by atoms with Gasteiger partial charge in [0.05, 0.1) is 10.4 Å². The number of nitrogens with zero attached hydrogens (tertiary/aromatic N) is 1. The van der Waals surface area contributed by atoms with Crippen molar-refractivity contribution in [2.45, 2.75) is 18.2 Å². The third kappa shape index (κ3) is 2.59. The molecule has 1 heterocycles. The molecular weight excluding hydrogens is 362 g/mol. The molecule has 1 aromatic heterocycles. The van der Waals surface area contributed by atoms with Gasteiger partial charge in [0.25, 0.3) is 10.0 Å². The Morgan fingerprint density at radius 1 is 1.05 bits per heavy atom. The second-order valence-corrected chi connectivity index (χ2v) is 7.83. The quantitative estimate of drug-likeness (QED) is 0.641. The van der Waals surface area contributed by atoms with E-state index in [2.05, 4.69) is 15.9 Å². The van der Waals surface area contributed by atoms with Crippen molar-refractivity contribution in [1.82, 2.24) is 3.97 Å². The molecule has 22 heavy (non-hydrogen) atoms. The zero-order valence-electron chi connectivity index (χ0n) is 12.2. The van der Waals surface area contributed by atoms with Crippen molar-refractivity contribution in [2.75, 3.05) is 5.33 Å². The van der Waals surface area contributed by atoms with Gasteiger partial charge in [-0.05, 0) is 43.2 Å². The summed E-state index contributed by atoms with van der Waals surface area (Å²) in [7, 11) is -3.57. The first-order chi connectivity index (χ1) is 10.5. The van der Waals surface area contributed by atoms with Crippen molar-refractivity contribution in [3.05, 3.63) is 65.9 Å². The summed E-state index contributed by atoms with van der Waals surface area (Å²) in [4.78, 5) is 0.307. The highest BCUT2D eigenvalue weighted by molar-refractivity contribution is 9.09. The van der Waals surface area contributed by atoms with Crippen LogP contribution >= 0.6 is 15.9 Å². The molecule has 0 unspecified atom stereocenters. The van der Waals surface area contributed by atoms with E-state index in [1.54, 1.807) is 18.3 Å². The van der Waals surface area contributed by atoms with E-state index in [1.165, 1.54) is 3.97 Å². The molecule has 0 radical (unpaired) electrons. The van der Waals surface area contributed by atoms with Gasteiger partial charge in [0.15, 0.2) is 0 Å². The summed E-state index contributed by atoms with van der Waals surface area (Å²) in [5, 5.41) is 1.83. The van der Waals surface area contributed by atoms with Crippen LogP contribution in [-0.2, 0) is 16.4 Å². The average Bonchev–Trinajstić information content (AvgIpc) is 2.94. The third-order valence-electron chi connectivity index (χ3n) is 3.73. The van der Waals surface area contributed by atoms with Gasteiger partial charge in [-0.2, -0.15) is 0 Å². The van der Waals surface area contributed by atoms with E-state index in [0.29, 0.717) is 4.90 Å². The zero-order valence-corrected chi connectivity index (χ0v) is 14.6. The van der Waals surface area contributed by atoms with Crippen LogP contribution in [-0.4, -0.2) is 17.7 Å². The predicted molar refractivity (Wildman–Crippen MR) is 93.2 cm³/mol. The third-order valence-corrected chi connectivity index (χ3v) is 5.83. The standard InChI is InChI=1S/C17H16BrNO2S/c1-13-5-7-15(8-6-13)22(20,21)19-12-10-16-14(9-11-18)3-2-4-17(16)19/h2-8,10,12H,9,11H2,1H3. The lowest BCUT2D eigenvalue weighted by Gasteiger charge is -2.09. The number of hydrogen-bond donors (Lipinski definition) is 0. The molecule has 0 bridgehead atoms. The van der Waals surface area contributed by atoms with Gasteiger partial charge in [-0.1, -0.05) is 45.8 Å². The van der Waals surface area contributed by atoms with E-state index in [-0.39, 0.29) is 0 Å². The second kappa shape index (κ2) is 5.89. The van der Waals surface area contributed by atoms with Crippen molar-refractivity contribution in [3.63, 3.8) is 0 Å². The van der Waals surface area contributed by atoms with Crippen LogP contribution in [0.2, 0.25) is 0 Å². The Kier molecular flexibility index (Phi) is 4.10. The Morgan fingerprint density at radius 2 is 1.77 bits per heavy atom. The number of aromatic nitrogens is 1. The number of benzene rings is 2. The number of alkyl halides is 1. The topological polar surface area (TPSA) is 39.1 Å². The summed E-state index contributed by atoms with van der Waals surface area (Å²) in [6, 6.07) is 14.6. The monoisotopic (exact) mass is 377 g/mol. The molecule has 0 spiro atoms. The number of fused-ring (bicyclic) bond motifs is 1. The fraction of sp³-hybridized carbons (Fsp3) is 0.176. The molecule has 0 saturated heterocycles. The molecule has 0 aliphatic heterocycles. The summed E-state index contributed by atoms with van der Waals surface area (Å²) >= 11 is 3.44. The molecule has 3 rings (SSSR count). The van der Waals surface area contributed by atoms with Crippen molar-refractivity contribution < 1.29 is 8.42 Å². The molecule has 2 aromatic carbocycles. The fourth-order valence-electron chi connectivity index (χ4n) is 2.56.